The molecule has 122 valence electrons. The highest BCUT2D eigenvalue weighted by atomic mass is 32.2. The van der Waals surface area contributed by atoms with E-state index in [1.54, 1.807) is 0 Å². The van der Waals surface area contributed by atoms with Crippen LogP contribution in [0.3, 0.4) is 0 Å². The van der Waals surface area contributed by atoms with Crippen LogP contribution in [0.25, 0.3) is 0 Å². The molecule has 1 N–H and O–H groups in total. The Morgan fingerprint density at radius 3 is 2.00 bits per heavy atom. The molecule has 2 rings (SSSR count). The van der Waals surface area contributed by atoms with Crippen molar-refractivity contribution in [2.45, 2.75) is 44.7 Å². The second-order valence-electron chi connectivity index (χ2n) is 6.83. The molecule has 0 aliphatic heterocycles. The highest BCUT2D eigenvalue weighted by Gasteiger charge is 2.32. The Kier molecular flexibility index (Phi) is 6.03. The van der Waals surface area contributed by atoms with E-state index in [4.69, 9.17) is 0 Å². The first-order valence-corrected chi connectivity index (χ1v) is 8.77. The Labute approximate surface area is 143 Å². The molecule has 0 heterocycles. The van der Waals surface area contributed by atoms with E-state index in [0.717, 1.165) is 4.90 Å². The highest BCUT2D eigenvalue weighted by Crippen LogP contribution is 2.29. The molecular weight excluding hydrogens is 302 g/mol. The van der Waals surface area contributed by atoms with Crippen LogP contribution in [0.5, 0.6) is 0 Å². The lowest BCUT2D eigenvalue weighted by molar-refractivity contribution is -0.115. The molecule has 0 amide bonds. The number of hydrogen-bond acceptors (Lipinski definition) is 3. The van der Waals surface area contributed by atoms with Crippen molar-refractivity contribution in [3.8, 4) is 0 Å². The average molecular weight is 327 g/mol. The number of carbonyl (C=O) groups is 1. The van der Waals surface area contributed by atoms with Crippen LogP contribution in [0.2, 0.25) is 0 Å². The lowest BCUT2D eigenvalue weighted by Crippen LogP contribution is -2.46. The highest BCUT2D eigenvalue weighted by molar-refractivity contribution is 8.13. The van der Waals surface area contributed by atoms with Crippen molar-refractivity contribution in [3.63, 3.8) is 0 Å². The van der Waals surface area contributed by atoms with Gasteiger partial charge in [0.05, 0.1) is 6.04 Å². The molecule has 0 radical (unpaired) electrons. The molecule has 0 aliphatic carbocycles. The lowest BCUT2D eigenvalue weighted by atomic mass is 9.86. The summed E-state index contributed by atoms with van der Waals surface area (Å²) in [6.45, 7) is 8.41. The van der Waals surface area contributed by atoms with Crippen molar-refractivity contribution in [2.75, 3.05) is 0 Å². The van der Waals surface area contributed by atoms with Gasteiger partial charge in [-0.15, -0.1) is 0 Å². The van der Waals surface area contributed by atoms with E-state index in [1.165, 1.54) is 17.3 Å². The average Bonchev–Trinajstić information content (AvgIpc) is 2.53. The third-order valence-electron chi connectivity index (χ3n) is 3.78. The smallest absolute Gasteiger partial charge is 0.211 e. The van der Waals surface area contributed by atoms with Crippen LogP contribution >= 0.6 is 11.8 Å². The van der Waals surface area contributed by atoms with E-state index in [1.807, 2.05) is 48.5 Å². The van der Waals surface area contributed by atoms with E-state index in [0.29, 0.717) is 0 Å². The van der Waals surface area contributed by atoms with Crippen LogP contribution in [0.1, 0.15) is 39.3 Å². The summed E-state index contributed by atoms with van der Waals surface area (Å²) in [4.78, 5) is 13.8. The molecule has 0 unspecified atom stereocenters. The first-order chi connectivity index (χ1) is 10.9. The Morgan fingerprint density at radius 2 is 1.48 bits per heavy atom. The van der Waals surface area contributed by atoms with Gasteiger partial charge in [-0.3, -0.25) is 10.1 Å². The van der Waals surface area contributed by atoms with Crippen LogP contribution in [-0.2, 0) is 4.79 Å². The molecule has 2 aromatic rings. The summed E-state index contributed by atoms with van der Waals surface area (Å²) in [5, 5.41) is 3.68. The maximum Gasteiger partial charge on any atom is 0.211 e. The summed E-state index contributed by atoms with van der Waals surface area (Å²) in [5.41, 5.74) is 1.04. The topological polar surface area (TPSA) is 29.1 Å². The molecule has 0 bridgehead atoms. The Hall–Kier alpha value is -1.58. The SMILES string of the molecule is C[C@H](N[C@H](C(=O)Sc1ccccc1)C(C)(C)C)c1ccccc1. The van der Waals surface area contributed by atoms with Crippen molar-refractivity contribution >= 4 is 16.9 Å². The van der Waals surface area contributed by atoms with Gasteiger partial charge in [-0.25, -0.2) is 0 Å². The maximum absolute atomic E-state index is 12.8. The number of thioether (sulfide) groups is 1. The first-order valence-electron chi connectivity index (χ1n) is 7.95. The fraction of sp³-hybridized carbons (Fsp3) is 0.350. The second kappa shape index (κ2) is 7.80. The minimum absolute atomic E-state index is 0.126. The quantitative estimate of drug-likeness (QED) is 0.777. The van der Waals surface area contributed by atoms with Crippen molar-refractivity contribution in [2.24, 2.45) is 5.41 Å². The largest absolute Gasteiger partial charge is 0.300 e. The molecule has 0 aromatic heterocycles. The summed E-state index contributed by atoms with van der Waals surface area (Å²) in [6.07, 6.45) is 0. The van der Waals surface area contributed by atoms with Gasteiger partial charge < -0.3 is 0 Å². The van der Waals surface area contributed by atoms with Gasteiger partial charge in [-0.05, 0) is 30.0 Å². The zero-order valence-corrected chi connectivity index (χ0v) is 15.1. The molecule has 2 aromatic carbocycles. The Morgan fingerprint density at radius 1 is 0.957 bits per heavy atom. The molecular formula is C20H25NOS. The van der Waals surface area contributed by atoms with Gasteiger partial charge in [0.2, 0.25) is 5.12 Å². The zero-order chi connectivity index (χ0) is 16.9. The van der Waals surface area contributed by atoms with Crippen molar-refractivity contribution in [1.29, 1.82) is 0 Å². The summed E-state index contributed by atoms with van der Waals surface area (Å²) in [6, 6.07) is 20.0. The van der Waals surface area contributed by atoms with Gasteiger partial charge in [-0.2, -0.15) is 0 Å². The van der Waals surface area contributed by atoms with E-state index in [-0.39, 0.29) is 22.6 Å². The summed E-state index contributed by atoms with van der Waals surface area (Å²) >= 11 is 1.31. The molecule has 0 aliphatic rings. The van der Waals surface area contributed by atoms with Gasteiger partial charge in [0.1, 0.15) is 0 Å². The minimum atomic E-state index is -0.220. The fourth-order valence-corrected chi connectivity index (χ4v) is 3.49. The third-order valence-corrected chi connectivity index (χ3v) is 4.72. The van der Waals surface area contributed by atoms with Gasteiger partial charge in [-0.1, -0.05) is 81.1 Å². The van der Waals surface area contributed by atoms with Crippen LogP contribution in [-0.4, -0.2) is 11.2 Å². The Balaban J connectivity index is 2.12. The summed E-state index contributed by atoms with van der Waals surface area (Å²) in [5.74, 6) is 0. The normalized spacial score (nSPS) is 14.3. The predicted molar refractivity (Wildman–Crippen MR) is 98.5 cm³/mol. The first kappa shape index (κ1) is 17.8. The number of nitrogens with one attached hydrogen (secondary N) is 1. The van der Waals surface area contributed by atoms with Gasteiger partial charge >= 0.3 is 0 Å². The molecule has 0 saturated heterocycles. The third kappa shape index (κ3) is 5.22. The number of hydrogen-bond donors (Lipinski definition) is 1. The predicted octanol–water partition coefficient (Wildman–Crippen LogP) is 5.07. The van der Waals surface area contributed by atoms with Crippen LogP contribution in [0.4, 0.5) is 0 Å². The lowest BCUT2D eigenvalue weighted by Gasteiger charge is -2.32. The molecule has 2 nitrogen and oxygen atoms in total. The van der Waals surface area contributed by atoms with Gasteiger partial charge in [0.15, 0.2) is 0 Å². The minimum Gasteiger partial charge on any atom is -0.300 e. The number of benzene rings is 2. The van der Waals surface area contributed by atoms with Crippen molar-refractivity contribution in [1.82, 2.24) is 5.32 Å². The molecule has 23 heavy (non-hydrogen) atoms. The maximum atomic E-state index is 12.8. The van der Waals surface area contributed by atoms with Crippen LogP contribution in [0, 0.1) is 5.41 Å². The van der Waals surface area contributed by atoms with E-state index < -0.39 is 0 Å². The standard InChI is InChI=1S/C20H25NOS/c1-15(16-11-7-5-8-12-16)21-18(20(2,3)4)19(22)23-17-13-9-6-10-14-17/h5-15,18,21H,1-4H3/t15-,18+/m0/s1. The van der Waals surface area contributed by atoms with Crippen LogP contribution < -0.4 is 5.32 Å². The number of rotatable bonds is 5. The molecule has 2 atom stereocenters. The van der Waals surface area contributed by atoms with Gasteiger partial charge in [0.25, 0.3) is 0 Å². The molecule has 0 spiro atoms. The summed E-state index contributed by atoms with van der Waals surface area (Å²) < 4.78 is 0. The van der Waals surface area contributed by atoms with Gasteiger partial charge in [0, 0.05) is 10.9 Å². The monoisotopic (exact) mass is 327 g/mol. The molecule has 0 fully saturated rings. The number of carbonyl (C=O) groups excluding carboxylic acids is 1. The van der Waals surface area contributed by atoms with E-state index in [9.17, 15) is 4.79 Å². The van der Waals surface area contributed by atoms with Crippen molar-refractivity contribution in [3.05, 3.63) is 66.2 Å². The van der Waals surface area contributed by atoms with E-state index in [2.05, 4.69) is 45.1 Å². The van der Waals surface area contributed by atoms with E-state index >= 15 is 0 Å². The zero-order valence-electron chi connectivity index (χ0n) is 14.2. The molecule has 0 saturated carbocycles. The Bertz CT molecular complexity index is 619. The second-order valence-corrected chi connectivity index (χ2v) is 7.91. The summed E-state index contributed by atoms with van der Waals surface area (Å²) in [7, 11) is 0. The molecule has 3 heteroatoms. The van der Waals surface area contributed by atoms with Crippen molar-refractivity contribution < 1.29 is 4.79 Å². The van der Waals surface area contributed by atoms with Crippen LogP contribution in [0.15, 0.2) is 65.6 Å². The fourth-order valence-electron chi connectivity index (χ4n) is 2.42.